The molecule has 4 aliphatic rings. The van der Waals surface area contributed by atoms with E-state index in [4.69, 9.17) is 14.2 Å². The monoisotopic (exact) mass is 864 g/mol. The molecular weight excluding hydrogens is 759 g/mol. The van der Waals surface area contributed by atoms with Crippen LogP contribution in [0.4, 0.5) is 0 Å². The van der Waals surface area contributed by atoms with Gasteiger partial charge in [-0.2, -0.15) is 0 Å². The molecule has 0 amide bonds. The maximum Gasteiger partial charge on any atom is 0.0934 e. The van der Waals surface area contributed by atoms with Crippen molar-refractivity contribution in [3.05, 3.63) is 36.0 Å². The van der Waals surface area contributed by atoms with Crippen LogP contribution < -0.4 is 0 Å². The fourth-order valence-corrected chi connectivity index (χ4v) is 13.2. The molecule has 4 aliphatic carbocycles. The quantitative estimate of drug-likeness (QED) is 0.0469. The van der Waals surface area contributed by atoms with Crippen LogP contribution in [0.2, 0.25) is 0 Å². The Morgan fingerprint density at radius 3 is 2.05 bits per heavy atom. The average Bonchev–Trinajstić information content (AvgIpc) is 3.60. The minimum Gasteiger partial charge on any atom is -0.379 e. The molecule has 0 aromatic rings. The van der Waals surface area contributed by atoms with Crippen molar-refractivity contribution in [2.75, 3.05) is 47.1 Å². The van der Waals surface area contributed by atoms with Crippen LogP contribution in [0.1, 0.15) is 228 Å². The van der Waals surface area contributed by atoms with E-state index in [-0.39, 0.29) is 6.10 Å². The van der Waals surface area contributed by atoms with Crippen LogP contribution in [-0.4, -0.2) is 64.2 Å². The molecule has 0 heterocycles. The molecular formula is C58H105NO3. The Bertz CT molecular complexity index is 1240. The first kappa shape index (κ1) is 53.7. The molecule has 9 atom stereocenters. The molecule has 4 heteroatoms. The molecule has 62 heavy (non-hydrogen) atoms. The van der Waals surface area contributed by atoms with Gasteiger partial charge in [-0.15, -0.1) is 0 Å². The summed E-state index contributed by atoms with van der Waals surface area (Å²) in [7, 11) is 4.28. The standard InChI is InChI=1S/C58H105NO3/c1-9-10-11-12-13-14-15-16-17-18-19-20-21-22-25-28-42-60-47-52(46-59(7)8)62-44-30-27-24-23-26-29-43-61-51-38-40-57(5)50(45-51)34-35-53-55-37-36-54(49(4)33-31-32-48(2)3)58(55,6)41-39-56(53)57/h13-14,16-17,34,48-49,51-56H,9-12,15,18-33,35-47H2,1-8H3/b14-13-,17-16-/t49-,51+,52+,53?,54-,55?,56?,57+,58-/m1/s1. The largest absolute Gasteiger partial charge is 0.379 e. The highest BCUT2D eigenvalue weighted by Gasteiger charge is 2.59. The molecule has 3 saturated carbocycles. The third-order valence-electron chi connectivity index (χ3n) is 16.9. The predicted molar refractivity (Wildman–Crippen MR) is 269 cm³/mol. The van der Waals surface area contributed by atoms with Gasteiger partial charge in [0.15, 0.2) is 0 Å². The molecule has 0 spiro atoms. The second-order valence-corrected chi connectivity index (χ2v) is 22.6. The molecule has 3 unspecified atom stereocenters. The van der Waals surface area contributed by atoms with Gasteiger partial charge in [-0.3, -0.25) is 0 Å². The Morgan fingerprint density at radius 1 is 0.694 bits per heavy atom. The van der Waals surface area contributed by atoms with Gasteiger partial charge in [-0.05, 0) is 163 Å². The lowest BCUT2D eigenvalue weighted by atomic mass is 9.47. The molecule has 0 N–H and O–H groups in total. The highest BCUT2D eigenvalue weighted by Crippen LogP contribution is 2.67. The van der Waals surface area contributed by atoms with E-state index < -0.39 is 0 Å². The molecule has 4 nitrogen and oxygen atoms in total. The smallest absolute Gasteiger partial charge is 0.0934 e. The number of fused-ring (bicyclic) bond motifs is 5. The fraction of sp³-hybridized carbons (Fsp3) is 0.897. The number of hydrogen-bond donors (Lipinski definition) is 0. The van der Waals surface area contributed by atoms with Crippen LogP contribution in [0.15, 0.2) is 36.0 Å². The zero-order valence-corrected chi connectivity index (χ0v) is 42.7. The summed E-state index contributed by atoms with van der Waals surface area (Å²) in [6, 6.07) is 0. The van der Waals surface area contributed by atoms with E-state index in [1.807, 2.05) is 0 Å². The predicted octanol–water partition coefficient (Wildman–Crippen LogP) is 16.5. The number of allylic oxidation sites excluding steroid dienone is 5. The van der Waals surface area contributed by atoms with Crippen molar-refractivity contribution < 1.29 is 14.2 Å². The third-order valence-corrected chi connectivity index (χ3v) is 16.9. The van der Waals surface area contributed by atoms with Crippen molar-refractivity contribution >= 4 is 0 Å². The Hall–Kier alpha value is -0.940. The van der Waals surface area contributed by atoms with Gasteiger partial charge >= 0.3 is 0 Å². The number of likely N-dealkylation sites (N-methyl/N-ethyl adjacent to an activating group) is 1. The Morgan fingerprint density at radius 2 is 1.35 bits per heavy atom. The molecule has 0 aliphatic heterocycles. The average molecular weight is 864 g/mol. The summed E-state index contributed by atoms with van der Waals surface area (Å²) in [5, 5.41) is 0. The minimum absolute atomic E-state index is 0.173. The van der Waals surface area contributed by atoms with Gasteiger partial charge in [0, 0.05) is 26.4 Å². The van der Waals surface area contributed by atoms with Gasteiger partial charge in [0.2, 0.25) is 0 Å². The maximum atomic E-state index is 6.61. The highest BCUT2D eigenvalue weighted by atomic mass is 16.5. The summed E-state index contributed by atoms with van der Waals surface area (Å²) in [4.78, 5) is 2.23. The fourth-order valence-electron chi connectivity index (χ4n) is 13.2. The minimum atomic E-state index is 0.173. The van der Waals surface area contributed by atoms with Crippen molar-refractivity contribution in [1.29, 1.82) is 0 Å². The summed E-state index contributed by atoms with van der Waals surface area (Å²) in [5.41, 5.74) is 2.79. The van der Waals surface area contributed by atoms with E-state index in [1.165, 1.54) is 173 Å². The lowest BCUT2D eigenvalue weighted by molar-refractivity contribution is -0.0641. The molecule has 0 radical (unpaired) electrons. The van der Waals surface area contributed by atoms with Crippen LogP contribution in [0.25, 0.3) is 0 Å². The molecule has 0 aromatic heterocycles. The Kier molecular flexibility index (Phi) is 26.3. The van der Waals surface area contributed by atoms with E-state index >= 15 is 0 Å². The van der Waals surface area contributed by atoms with Gasteiger partial charge in [0.05, 0.1) is 18.8 Å². The molecule has 4 rings (SSSR count). The van der Waals surface area contributed by atoms with E-state index in [0.29, 0.717) is 16.9 Å². The summed E-state index contributed by atoms with van der Waals surface area (Å²) in [5.74, 6) is 5.49. The summed E-state index contributed by atoms with van der Waals surface area (Å²) in [6.07, 6.45) is 51.1. The van der Waals surface area contributed by atoms with Gasteiger partial charge in [0.1, 0.15) is 0 Å². The molecule has 0 aromatic carbocycles. The first-order chi connectivity index (χ1) is 30.1. The lowest BCUT2D eigenvalue weighted by Gasteiger charge is -2.58. The van der Waals surface area contributed by atoms with Crippen molar-refractivity contribution in [2.24, 2.45) is 46.3 Å². The van der Waals surface area contributed by atoms with Crippen LogP contribution >= 0.6 is 0 Å². The van der Waals surface area contributed by atoms with Crippen molar-refractivity contribution in [2.45, 2.75) is 240 Å². The van der Waals surface area contributed by atoms with E-state index in [2.05, 4.69) is 90.9 Å². The SMILES string of the molecule is CCCCC/C=C\C/C=C\CCCCCCCCOC[C@H](CN(C)C)OCCCCCCCCO[C@H]1CC[C@@]2(C)C(=CCC3C2CC[C@@]2(C)C3CC[C@@H]2[C@H](C)CCCC(C)C)C1. The number of nitrogens with zero attached hydrogens (tertiary/aromatic N) is 1. The number of hydrogen-bond acceptors (Lipinski definition) is 4. The van der Waals surface area contributed by atoms with Crippen LogP contribution in [-0.2, 0) is 14.2 Å². The topological polar surface area (TPSA) is 30.9 Å². The van der Waals surface area contributed by atoms with Crippen molar-refractivity contribution in [3.8, 4) is 0 Å². The first-order valence-electron chi connectivity index (χ1n) is 27.5. The summed E-state index contributed by atoms with van der Waals surface area (Å²) >= 11 is 0. The van der Waals surface area contributed by atoms with E-state index in [0.717, 1.165) is 81.3 Å². The summed E-state index contributed by atoms with van der Waals surface area (Å²) in [6.45, 7) is 19.4. The molecule has 0 saturated heterocycles. The molecule has 360 valence electrons. The number of rotatable bonds is 35. The normalized spacial score (nSPS) is 28.5. The first-order valence-corrected chi connectivity index (χ1v) is 27.5. The third kappa shape index (κ3) is 18.4. The van der Waals surface area contributed by atoms with Gasteiger partial charge < -0.3 is 19.1 Å². The summed E-state index contributed by atoms with van der Waals surface area (Å²) < 4.78 is 19.0. The van der Waals surface area contributed by atoms with Gasteiger partial charge in [-0.1, -0.05) is 161 Å². The maximum absolute atomic E-state index is 6.61. The zero-order chi connectivity index (χ0) is 44.5. The van der Waals surface area contributed by atoms with Crippen molar-refractivity contribution in [1.82, 2.24) is 4.90 Å². The van der Waals surface area contributed by atoms with Gasteiger partial charge in [0.25, 0.3) is 0 Å². The van der Waals surface area contributed by atoms with E-state index in [1.54, 1.807) is 5.57 Å². The van der Waals surface area contributed by atoms with Crippen molar-refractivity contribution in [3.63, 3.8) is 0 Å². The number of unbranched alkanes of at least 4 members (excludes halogenated alkanes) is 14. The Balaban J connectivity index is 0.980. The van der Waals surface area contributed by atoms with Crippen LogP contribution in [0.5, 0.6) is 0 Å². The lowest BCUT2D eigenvalue weighted by Crippen LogP contribution is -2.51. The number of ether oxygens (including phenoxy) is 3. The van der Waals surface area contributed by atoms with Crippen LogP contribution in [0.3, 0.4) is 0 Å². The second kappa shape index (κ2) is 30.4. The molecule has 0 bridgehead atoms. The highest BCUT2D eigenvalue weighted by molar-refractivity contribution is 5.25. The zero-order valence-electron chi connectivity index (χ0n) is 42.7. The van der Waals surface area contributed by atoms with E-state index in [9.17, 15) is 0 Å². The van der Waals surface area contributed by atoms with Gasteiger partial charge in [-0.25, -0.2) is 0 Å². The second-order valence-electron chi connectivity index (χ2n) is 22.6. The molecule has 3 fully saturated rings. The Labute approximate surface area is 387 Å². The van der Waals surface area contributed by atoms with Crippen LogP contribution in [0, 0.1) is 46.3 Å².